The average molecular weight is 382 g/mol. The van der Waals surface area contributed by atoms with E-state index < -0.39 is 10.0 Å². The van der Waals surface area contributed by atoms with E-state index >= 15 is 0 Å². The summed E-state index contributed by atoms with van der Waals surface area (Å²) in [6.45, 7) is 0.0746. The van der Waals surface area contributed by atoms with Gasteiger partial charge in [0.25, 0.3) is 0 Å². The molecule has 0 aliphatic carbocycles. The zero-order valence-corrected chi connectivity index (χ0v) is 15.2. The SMILES string of the molecule is O=S(=O)(c1ccc(Cl)cc1)N1C2CCC(CO)CC1c1cn[nH]c1C2. The monoisotopic (exact) mass is 381 g/mol. The van der Waals surface area contributed by atoms with Gasteiger partial charge >= 0.3 is 0 Å². The van der Waals surface area contributed by atoms with Gasteiger partial charge in [0.05, 0.1) is 17.1 Å². The lowest BCUT2D eigenvalue weighted by molar-refractivity contribution is 0.190. The lowest BCUT2D eigenvalue weighted by Gasteiger charge is -2.39. The van der Waals surface area contributed by atoms with Gasteiger partial charge in [0.1, 0.15) is 0 Å². The van der Waals surface area contributed by atoms with Crippen molar-refractivity contribution in [3.63, 3.8) is 0 Å². The van der Waals surface area contributed by atoms with Gasteiger partial charge in [-0.1, -0.05) is 11.6 Å². The molecule has 0 radical (unpaired) electrons. The van der Waals surface area contributed by atoms with Crippen LogP contribution in [0.2, 0.25) is 5.02 Å². The van der Waals surface area contributed by atoms with Gasteiger partial charge in [-0.05, 0) is 49.4 Å². The second-order valence-corrected chi connectivity index (χ2v) is 9.11. The Hall–Kier alpha value is -1.41. The quantitative estimate of drug-likeness (QED) is 0.855. The molecule has 2 bridgehead atoms. The molecule has 0 spiro atoms. The Morgan fingerprint density at radius 3 is 2.76 bits per heavy atom. The third-order valence-electron chi connectivity index (χ3n) is 5.33. The number of H-pyrrole nitrogens is 1. The molecule has 2 aromatic rings. The minimum Gasteiger partial charge on any atom is -0.396 e. The maximum atomic E-state index is 13.4. The first-order chi connectivity index (χ1) is 12.0. The van der Waals surface area contributed by atoms with Crippen molar-refractivity contribution in [2.75, 3.05) is 6.61 Å². The van der Waals surface area contributed by atoms with Crippen LogP contribution in [0.25, 0.3) is 0 Å². The third-order valence-corrected chi connectivity index (χ3v) is 7.56. The maximum Gasteiger partial charge on any atom is 0.243 e. The topological polar surface area (TPSA) is 86.3 Å². The number of nitrogens with zero attached hydrogens (tertiary/aromatic N) is 2. The molecule has 1 fully saturated rings. The minimum absolute atomic E-state index is 0.0746. The molecule has 2 aliphatic rings. The molecule has 3 heterocycles. The molecule has 0 saturated carbocycles. The molecule has 1 aromatic heterocycles. The van der Waals surface area contributed by atoms with E-state index in [0.717, 1.165) is 24.1 Å². The number of halogens is 1. The number of aromatic nitrogens is 2. The lowest BCUT2D eigenvalue weighted by Crippen LogP contribution is -2.46. The van der Waals surface area contributed by atoms with Crippen molar-refractivity contribution in [1.82, 2.24) is 14.5 Å². The van der Waals surface area contributed by atoms with Gasteiger partial charge in [-0.2, -0.15) is 9.40 Å². The highest BCUT2D eigenvalue weighted by atomic mass is 35.5. The van der Waals surface area contributed by atoms with E-state index in [-0.39, 0.29) is 29.5 Å². The van der Waals surface area contributed by atoms with Crippen molar-refractivity contribution in [3.05, 3.63) is 46.7 Å². The normalized spacial score (nSPS) is 26.9. The van der Waals surface area contributed by atoms with E-state index in [0.29, 0.717) is 17.9 Å². The fraction of sp³-hybridized carbons (Fsp3) is 0.471. The summed E-state index contributed by atoms with van der Waals surface area (Å²) in [4.78, 5) is 0.251. The van der Waals surface area contributed by atoms with Gasteiger partial charge in [-0.15, -0.1) is 0 Å². The van der Waals surface area contributed by atoms with Crippen LogP contribution in [0.1, 0.15) is 36.6 Å². The molecule has 4 rings (SSSR count). The second-order valence-electron chi connectivity index (χ2n) is 6.83. The molecule has 3 atom stereocenters. The van der Waals surface area contributed by atoms with Crippen molar-refractivity contribution in [2.24, 2.45) is 5.92 Å². The molecule has 25 heavy (non-hydrogen) atoms. The van der Waals surface area contributed by atoms with Crippen molar-refractivity contribution in [2.45, 2.75) is 42.7 Å². The van der Waals surface area contributed by atoms with Crippen LogP contribution in [0.4, 0.5) is 0 Å². The largest absolute Gasteiger partial charge is 0.396 e. The number of nitrogens with one attached hydrogen (secondary N) is 1. The number of hydrogen-bond acceptors (Lipinski definition) is 4. The fourth-order valence-corrected chi connectivity index (χ4v) is 6.03. The summed E-state index contributed by atoms with van der Waals surface area (Å²) in [6, 6.07) is 5.88. The van der Waals surface area contributed by atoms with Gasteiger partial charge in [0.15, 0.2) is 0 Å². The molecule has 2 N–H and O–H groups in total. The molecule has 2 aliphatic heterocycles. The smallest absolute Gasteiger partial charge is 0.243 e. The zero-order chi connectivity index (χ0) is 17.6. The van der Waals surface area contributed by atoms with Gasteiger partial charge < -0.3 is 5.11 Å². The van der Waals surface area contributed by atoms with Crippen LogP contribution < -0.4 is 0 Å². The summed E-state index contributed by atoms with van der Waals surface area (Å²) < 4.78 is 28.4. The fourth-order valence-electron chi connectivity index (χ4n) is 4.07. The summed E-state index contributed by atoms with van der Waals surface area (Å²) >= 11 is 5.91. The average Bonchev–Trinajstić information content (AvgIpc) is 3.00. The Morgan fingerprint density at radius 2 is 2.04 bits per heavy atom. The predicted octanol–water partition coefficient (Wildman–Crippen LogP) is 2.51. The Kier molecular flexibility index (Phi) is 4.35. The molecule has 6 nitrogen and oxygen atoms in total. The van der Waals surface area contributed by atoms with E-state index in [1.165, 1.54) is 0 Å². The van der Waals surface area contributed by atoms with Crippen LogP contribution in [0.5, 0.6) is 0 Å². The van der Waals surface area contributed by atoms with Crippen LogP contribution in [-0.2, 0) is 16.4 Å². The summed E-state index contributed by atoms with van der Waals surface area (Å²) in [7, 11) is -3.66. The molecule has 0 amide bonds. The van der Waals surface area contributed by atoms with E-state index in [1.54, 1.807) is 34.8 Å². The Bertz CT molecular complexity index is 866. The molecule has 1 saturated heterocycles. The maximum absolute atomic E-state index is 13.4. The molecular formula is C17H20ClN3O3S. The molecular weight excluding hydrogens is 362 g/mol. The van der Waals surface area contributed by atoms with E-state index in [1.807, 2.05) is 0 Å². The number of benzene rings is 1. The summed E-state index contributed by atoms with van der Waals surface area (Å²) in [5, 5.41) is 17.3. The highest BCUT2D eigenvalue weighted by molar-refractivity contribution is 7.89. The zero-order valence-electron chi connectivity index (χ0n) is 13.6. The van der Waals surface area contributed by atoms with E-state index in [9.17, 15) is 13.5 Å². The Balaban J connectivity index is 1.81. The van der Waals surface area contributed by atoms with Gasteiger partial charge in [-0.3, -0.25) is 5.10 Å². The van der Waals surface area contributed by atoms with E-state index in [4.69, 9.17) is 11.6 Å². The number of aliphatic hydroxyl groups is 1. The van der Waals surface area contributed by atoms with Crippen molar-refractivity contribution in [1.29, 1.82) is 0 Å². The van der Waals surface area contributed by atoms with Crippen molar-refractivity contribution in [3.8, 4) is 0 Å². The summed E-state index contributed by atoms with van der Waals surface area (Å²) in [5.74, 6) is 0.0961. The second kappa shape index (κ2) is 6.39. The van der Waals surface area contributed by atoms with Crippen LogP contribution in [0.3, 0.4) is 0 Å². The van der Waals surface area contributed by atoms with Gasteiger partial charge in [0.2, 0.25) is 10.0 Å². The summed E-state index contributed by atoms with van der Waals surface area (Å²) in [5.41, 5.74) is 1.94. The number of fused-ring (bicyclic) bond motifs is 4. The summed E-state index contributed by atoms with van der Waals surface area (Å²) in [6.07, 6.45) is 4.50. The first-order valence-corrected chi connectivity index (χ1v) is 10.2. The minimum atomic E-state index is -3.66. The standard InChI is InChI=1S/C17H20ClN3O3S/c18-12-2-5-14(6-3-12)25(23,24)21-13-4-1-11(10-22)7-17(21)15-9-19-20-16(15)8-13/h2-3,5-6,9,11,13,17,22H,1,4,7-8,10H2,(H,19,20). The van der Waals surface area contributed by atoms with Crippen molar-refractivity contribution >= 4 is 21.6 Å². The number of aliphatic hydroxyl groups excluding tert-OH is 1. The van der Waals surface area contributed by atoms with Crippen LogP contribution in [0, 0.1) is 5.92 Å². The van der Waals surface area contributed by atoms with Crippen molar-refractivity contribution < 1.29 is 13.5 Å². The number of sulfonamides is 1. The first-order valence-electron chi connectivity index (χ1n) is 8.43. The number of aromatic amines is 1. The van der Waals surface area contributed by atoms with Gasteiger partial charge in [-0.25, -0.2) is 8.42 Å². The first kappa shape index (κ1) is 17.0. The predicted molar refractivity (Wildman–Crippen MR) is 93.7 cm³/mol. The Labute approximate surface area is 151 Å². The van der Waals surface area contributed by atoms with Crippen LogP contribution in [-0.4, -0.2) is 40.7 Å². The Morgan fingerprint density at radius 1 is 1.28 bits per heavy atom. The number of hydrogen-bond donors (Lipinski definition) is 2. The molecule has 8 heteroatoms. The highest BCUT2D eigenvalue weighted by Gasteiger charge is 2.45. The van der Waals surface area contributed by atoms with Crippen LogP contribution >= 0.6 is 11.6 Å². The highest BCUT2D eigenvalue weighted by Crippen LogP contribution is 2.44. The lowest BCUT2D eigenvalue weighted by atomic mass is 9.93. The van der Waals surface area contributed by atoms with E-state index in [2.05, 4.69) is 10.2 Å². The van der Waals surface area contributed by atoms with Gasteiger partial charge in [0, 0.05) is 35.3 Å². The molecule has 134 valence electrons. The molecule has 1 aromatic carbocycles. The third kappa shape index (κ3) is 2.89. The molecule has 3 unspecified atom stereocenters. The van der Waals surface area contributed by atoms with Crippen LogP contribution in [0.15, 0.2) is 35.4 Å². The number of rotatable bonds is 3.